The third-order valence-corrected chi connectivity index (χ3v) is 4.32. The van der Waals surface area contributed by atoms with Crippen molar-refractivity contribution in [3.05, 3.63) is 24.3 Å². The molecule has 9 heteroatoms. The number of carboxylic acid groups (broad SMARTS) is 1. The molecule has 0 aliphatic rings. The zero-order valence-electron chi connectivity index (χ0n) is 8.40. The van der Waals surface area contributed by atoms with E-state index >= 15 is 0 Å². The van der Waals surface area contributed by atoms with Gasteiger partial charge in [0.2, 0.25) is 10.0 Å². The van der Waals surface area contributed by atoms with Gasteiger partial charge in [-0.25, -0.2) is 22.0 Å². The number of carboxylic acids is 1. The largest absolute Gasteiger partial charge is 0.480 e. The van der Waals surface area contributed by atoms with Crippen molar-refractivity contribution in [3.8, 4) is 0 Å². The molecule has 0 radical (unpaired) electrons. The van der Waals surface area contributed by atoms with Crippen LogP contribution >= 0.6 is 0 Å². The Morgan fingerprint density at radius 3 is 2.18 bits per heavy atom. The van der Waals surface area contributed by atoms with E-state index in [2.05, 4.69) is 0 Å². The molecule has 0 bridgehead atoms. The third-order valence-electron chi connectivity index (χ3n) is 1.81. The summed E-state index contributed by atoms with van der Waals surface area (Å²) in [5.74, 6) is -2.63. The van der Waals surface area contributed by atoms with Gasteiger partial charge in [0.15, 0.2) is 15.6 Å². The molecule has 0 fully saturated rings. The number of benzene rings is 1. The average Bonchev–Trinajstić information content (AvgIpc) is 2.14. The molecule has 0 aromatic heterocycles. The molecule has 1 aromatic rings. The Bertz CT molecular complexity index is 646. The van der Waals surface area contributed by atoms with E-state index in [4.69, 9.17) is 10.2 Å². The second kappa shape index (κ2) is 4.43. The van der Waals surface area contributed by atoms with Crippen molar-refractivity contribution in [3.63, 3.8) is 0 Å². The Hall–Kier alpha value is -1.45. The number of aliphatic carboxylic acids is 1. The van der Waals surface area contributed by atoms with Crippen molar-refractivity contribution < 1.29 is 26.7 Å². The Kier molecular flexibility index (Phi) is 3.55. The number of hydrogen-bond acceptors (Lipinski definition) is 5. The third kappa shape index (κ3) is 3.51. The fourth-order valence-corrected chi connectivity index (χ4v) is 2.81. The van der Waals surface area contributed by atoms with Crippen molar-refractivity contribution in [1.29, 1.82) is 0 Å². The van der Waals surface area contributed by atoms with Crippen LogP contribution in [-0.2, 0) is 24.7 Å². The van der Waals surface area contributed by atoms with Gasteiger partial charge in [0.25, 0.3) is 0 Å². The number of nitrogens with two attached hydrogens (primary N) is 1. The molecule has 0 aliphatic carbocycles. The second-order valence-corrected chi connectivity index (χ2v) is 6.72. The fraction of sp³-hybridized carbons (Fsp3) is 0.125. The molecular formula is C8H9NO6S2. The minimum atomic E-state index is -4.06. The summed E-state index contributed by atoms with van der Waals surface area (Å²) < 4.78 is 45.0. The smallest absolute Gasteiger partial charge is 0.319 e. The number of carbonyl (C=O) groups is 1. The van der Waals surface area contributed by atoms with Crippen LogP contribution in [0.4, 0.5) is 0 Å². The highest BCUT2D eigenvalue weighted by atomic mass is 32.2. The lowest BCUT2D eigenvalue weighted by molar-refractivity contribution is -0.134. The Morgan fingerprint density at radius 1 is 1.18 bits per heavy atom. The van der Waals surface area contributed by atoms with Crippen LogP contribution in [0.3, 0.4) is 0 Å². The molecule has 3 N–H and O–H groups in total. The maximum Gasteiger partial charge on any atom is 0.319 e. The molecule has 17 heavy (non-hydrogen) atoms. The molecular weight excluding hydrogens is 270 g/mol. The molecule has 0 atom stereocenters. The molecule has 7 nitrogen and oxygen atoms in total. The van der Waals surface area contributed by atoms with Gasteiger partial charge < -0.3 is 5.11 Å². The predicted molar refractivity (Wildman–Crippen MR) is 57.5 cm³/mol. The van der Waals surface area contributed by atoms with Crippen LogP contribution in [0.1, 0.15) is 0 Å². The number of sulfone groups is 1. The van der Waals surface area contributed by atoms with Crippen LogP contribution in [0.2, 0.25) is 0 Å². The summed E-state index contributed by atoms with van der Waals surface area (Å²) >= 11 is 0. The summed E-state index contributed by atoms with van der Waals surface area (Å²) in [6.07, 6.45) is 0. The normalized spacial score (nSPS) is 12.3. The monoisotopic (exact) mass is 279 g/mol. The zero-order chi connectivity index (χ0) is 13.3. The van der Waals surface area contributed by atoms with Crippen molar-refractivity contribution in [2.45, 2.75) is 9.79 Å². The molecule has 94 valence electrons. The Labute approximate surface area is 97.8 Å². The Morgan fingerprint density at radius 2 is 1.71 bits per heavy atom. The van der Waals surface area contributed by atoms with E-state index in [9.17, 15) is 21.6 Å². The van der Waals surface area contributed by atoms with Crippen molar-refractivity contribution in [1.82, 2.24) is 0 Å². The van der Waals surface area contributed by atoms with E-state index in [0.717, 1.165) is 18.2 Å². The van der Waals surface area contributed by atoms with Gasteiger partial charge in [-0.1, -0.05) is 6.07 Å². The number of hydrogen-bond donors (Lipinski definition) is 2. The molecule has 0 saturated heterocycles. The topological polar surface area (TPSA) is 132 Å². The van der Waals surface area contributed by atoms with E-state index in [0.29, 0.717) is 0 Å². The highest BCUT2D eigenvalue weighted by Crippen LogP contribution is 2.15. The first kappa shape index (κ1) is 13.6. The molecule has 1 aromatic carbocycles. The lowest BCUT2D eigenvalue weighted by atomic mass is 10.4. The van der Waals surface area contributed by atoms with Crippen LogP contribution in [0.5, 0.6) is 0 Å². The number of sulfonamides is 1. The van der Waals surface area contributed by atoms with Crippen molar-refractivity contribution in [2.24, 2.45) is 5.14 Å². The average molecular weight is 279 g/mol. The van der Waals surface area contributed by atoms with Crippen molar-refractivity contribution in [2.75, 3.05) is 5.75 Å². The molecule has 0 unspecified atom stereocenters. The first-order valence-electron chi connectivity index (χ1n) is 4.20. The summed E-state index contributed by atoms with van der Waals surface area (Å²) in [4.78, 5) is 9.57. The molecule has 0 spiro atoms. The molecule has 0 heterocycles. The van der Waals surface area contributed by atoms with Gasteiger partial charge >= 0.3 is 5.97 Å². The highest BCUT2D eigenvalue weighted by molar-refractivity contribution is 7.92. The van der Waals surface area contributed by atoms with Crippen LogP contribution in [0, 0.1) is 0 Å². The summed E-state index contributed by atoms with van der Waals surface area (Å²) in [7, 11) is -8.09. The summed E-state index contributed by atoms with van der Waals surface area (Å²) in [5, 5.41) is 13.2. The number of primary sulfonamides is 1. The highest BCUT2D eigenvalue weighted by Gasteiger charge is 2.20. The minimum Gasteiger partial charge on any atom is -0.480 e. The van der Waals surface area contributed by atoms with Crippen LogP contribution < -0.4 is 5.14 Å². The maximum atomic E-state index is 11.5. The lowest BCUT2D eigenvalue weighted by Crippen LogP contribution is -2.17. The van der Waals surface area contributed by atoms with Gasteiger partial charge in [0.1, 0.15) is 0 Å². The SMILES string of the molecule is NS(=O)(=O)c1cccc(S(=O)(=O)CC(=O)O)c1. The van der Waals surface area contributed by atoms with E-state index in [1.54, 1.807) is 0 Å². The van der Waals surface area contributed by atoms with Gasteiger partial charge in [-0.3, -0.25) is 4.79 Å². The van der Waals surface area contributed by atoms with Gasteiger partial charge in [0.05, 0.1) is 9.79 Å². The predicted octanol–water partition coefficient (Wildman–Crippen LogP) is -0.808. The summed E-state index contributed by atoms with van der Waals surface area (Å²) in [6.45, 7) is 0. The summed E-state index contributed by atoms with van der Waals surface area (Å²) in [6, 6.07) is 4.23. The quantitative estimate of drug-likeness (QED) is 0.741. The van der Waals surface area contributed by atoms with E-state index < -0.39 is 36.5 Å². The van der Waals surface area contributed by atoms with E-state index in [-0.39, 0.29) is 4.90 Å². The number of rotatable bonds is 4. The first-order chi connectivity index (χ1) is 7.63. The molecule has 0 amide bonds. The minimum absolute atomic E-state index is 0.385. The van der Waals surface area contributed by atoms with Gasteiger partial charge in [-0.05, 0) is 18.2 Å². The van der Waals surface area contributed by atoms with Gasteiger partial charge in [-0.2, -0.15) is 0 Å². The van der Waals surface area contributed by atoms with Crippen LogP contribution in [0.15, 0.2) is 34.1 Å². The van der Waals surface area contributed by atoms with Gasteiger partial charge in [0, 0.05) is 0 Å². The van der Waals surface area contributed by atoms with Crippen LogP contribution in [-0.4, -0.2) is 33.7 Å². The summed E-state index contributed by atoms with van der Waals surface area (Å²) in [5.41, 5.74) is 0. The van der Waals surface area contributed by atoms with Crippen LogP contribution in [0.25, 0.3) is 0 Å². The molecule has 0 saturated carbocycles. The standard InChI is InChI=1S/C8H9NO6S2/c9-17(14,15)7-3-1-2-6(4-7)16(12,13)5-8(10)11/h1-4H,5H2,(H,10,11)(H2,9,14,15). The zero-order valence-corrected chi connectivity index (χ0v) is 10.0. The lowest BCUT2D eigenvalue weighted by Gasteiger charge is -2.03. The van der Waals surface area contributed by atoms with E-state index in [1.165, 1.54) is 6.07 Å². The Balaban J connectivity index is 3.31. The molecule has 0 aliphatic heterocycles. The van der Waals surface area contributed by atoms with E-state index in [1.807, 2.05) is 0 Å². The van der Waals surface area contributed by atoms with Crippen molar-refractivity contribution >= 4 is 25.8 Å². The fourth-order valence-electron chi connectivity index (χ4n) is 1.09. The molecule has 1 rings (SSSR count). The van der Waals surface area contributed by atoms with Gasteiger partial charge in [-0.15, -0.1) is 0 Å². The first-order valence-corrected chi connectivity index (χ1v) is 7.40. The second-order valence-electron chi connectivity index (χ2n) is 3.17. The maximum absolute atomic E-state index is 11.5.